The molecule has 0 rings (SSSR count). The van der Waals surface area contributed by atoms with E-state index in [1.165, 1.54) is 103 Å². The molecule has 0 saturated carbocycles. The van der Waals surface area contributed by atoms with Gasteiger partial charge in [-0.3, -0.25) is 9.79 Å². The van der Waals surface area contributed by atoms with Gasteiger partial charge in [0.25, 0.3) is 0 Å². The van der Waals surface area contributed by atoms with E-state index in [0.29, 0.717) is 6.54 Å². The van der Waals surface area contributed by atoms with Crippen LogP contribution in [-0.4, -0.2) is 18.5 Å². The standard InChI is InChI=1S/C21H43N3O2/c1-3-4-5-6-7-8-9-10-11-12-13-14-15-16-17-18-19-23-21(22)24-26-20(2)25/h3-19H2,1-2H3,(H3,22,23,24). The second-order valence-corrected chi connectivity index (χ2v) is 7.27. The molecule has 0 aliphatic heterocycles. The highest BCUT2D eigenvalue weighted by atomic mass is 16.7. The van der Waals surface area contributed by atoms with Crippen LogP contribution in [0.15, 0.2) is 4.99 Å². The smallest absolute Gasteiger partial charge is 0.329 e. The van der Waals surface area contributed by atoms with Gasteiger partial charge >= 0.3 is 5.97 Å². The summed E-state index contributed by atoms with van der Waals surface area (Å²) in [6.07, 6.45) is 21.7. The van der Waals surface area contributed by atoms with Crippen LogP contribution in [0.4, 0.5) is 0 Å². The van der Waals surface area contributed by atoms with Gasteiger partial charge in [0.1, 0.15) is 0 Å². The largest absolute Gasteiger partial charge is 0.368 e. The molecule has 0 bridgehead atoms. The zero-order valence-electron chi connectivity index (χ0n) is 17.4. The van der Waals surface area contributed by atoms with Crippen LogP contribution in [0.5, 0.6) is 0 Å². The Morgan fingerprint density at radius 2 is 1.15 bits per heavy atom. The summed E-state index contributed by atoms with van der Waals surface area (Å²) in [6.45, 7) is 4.27. The van der Waals surface area contributed by atoms with Crippen LogP contribution in [0.3, 0.4) is 0 Å². The van der Waals surface area contributed by atoms with Crippen molar-refractivity contribution in [3.8, 4) is 0 Å². The highest BCUT2D eigenvalue weighted by Gasteiger charge is 1.96. The third-order valence-electron chi connectivity index (χ3n) is 4.59. The van der Waals surface area contributed by atoms with Crippen molar-refractivity contribution in [2.75, 3.05) is 6.54 Å². The molecule has 0 atom stereocenters. The molecule has 0 saturated heterocycles. The van der Waals surface area contributed by atoms with E-state index in [0.717, 1.165) is 6.42 Å². The van der Waals surface area contributed by atoms with E-state index in [4.69, 9.17) is 5.73 Å². The highest BCUT2D eigenvalue weighted by Crippen LogP contribution is 2.13. The van der Waals surface area contributed by atoms with Gasteiger partial charge in [-0.05, 0) is 6.42 Å². The average Bonchev–Trinajstić information content (AvgIpc) is 2.62. The minimum absolute atomic E-state index is 0.168. The molecule has 0 aromatic rings. The molecule has 0 radical (unpaired) electrons. The number of unbranched alkanes of at least 4 members (excludes halogenated alkanes) is 15. The first kappa shape index (κ1) is 24.7. The van der Waals surface area contributed by atoms with E-state index < -0.39 is 5.97 Å². The van der Waals surface area contributed by atoms with Gasteiger partial charge in [-0.15, -0.1) is 0 Å². The van der Waals surface area contributed by atoms with Crippen molar-refractivity contribution in [3.63, 3.8) is 0 Å². The number of nitrogens with one attached hydrogen (secondary N) is 1. The fourth-order valence-electron chi connectivity index (χ4n) is 3.02. The Bertz CT molecular complexity index is 346. The lowest BCUT2D eigenvalue weighted by Gasteiger charge is -2.04. The van der Waals surface area contributed by atoms with Crippen LogP contribution in [0.1, 0.15) is 117 Å². The fraction of sp³-hybridized carbons (Fsp3) is 0.905. The number of hydrogen-bond acceptors (Lipinski definition) is 3. The Kier molecular flexibility index (Phi) is 19.1. The summed E-state index contributed by atoms with van der Waals surface area (Å²) >= 11 is 0. The van der Waals surface area contributed by atoms with Crippen molar-refractivity contribution in [1.29, 1.82) is 0 Å². The summed E-state index contributed by atoms with van der Waals surface area (Å²) in [5.41, 5.74) is 7.86. The maximum Gasteiger partial charge on any atom is 0.329 e. The number of hydroxylamine groups is 1. The zero-order valence-corrected chi connectivity index (χ0v) is 17.4. The summed E-state index contributed by atoms with van der Waals surface area (Å²) in [7, 11) is 0. The Labute approximate surface area is 161 Å². The molecule has 0 heterocycles. The fourth-order valence-corrected chi connectivity index (χ4v) is 3.02. The zero-order chi connectivity index (χ0) is 19.3. The van der Waals surface area contributed by atoms with Crippen molar-refractivity contribution < 1.29 is 9.63 Å². The van der Waals surface area contributed by atoms with Gasteiger partial charge in [0, 0.05) is 13.5 Å². The molecule has 154 valence electrons. The molecule has 0 aliphatic carbocycles. The average molecular weight is 370 g/mol. The lowest BCUT2D eigenvalue weighted by molar-refractivity contribution is -0.145. The second-order valence-electron chi connectivity index (χ2n) is 7.27. The number of rotatable bonds is 17. The molecule has 0 aromatic heterocycles. The van der Waals surface area contributed by atoms with Crippen LogP contribution < -0.4 is 11.2 Å². The molecule has 0 spiro atoms. The van der Waals surface area contributed by atoms with Gasteiger partial charge in [-0.1, -0.05) is 103 Å². The van der Waals surface area contributed by atoms with Crippen LogP contribution in [0, 0.1) is 0 Å². The van der Waals surface area contributed by atoms with Gasteiger partial charge in [-0.2, -0.15) is 5.48 Å². The number of nitrogens with two attached hydrogens (primary N) is 1. The maximum atomic E-state index is 10.6. The van der Waals surface area contributed by atoms with E-state index in [9.17, 15) is 4.79 Å². The minimum atomic E-state index is -0.425. The van der Waals surface area contributed by atoms with E-state index >= 15 is 0 Å². The molecular weight excluding hydrogens is 326 g/mol. The van der Waals surface area contributed by atoms with Crippen molar-refractivity contribution in [3.05, 3.63) is 0 Å². The number of aliphatic imine (C=N–C) groups is 1. The molecule has 0 aliphatic rings. The summed E-state index contributed by atoms with van der Waals surface area (Å²) < 4.78 is 0. The minimum Gasteiger partial charge on any atom is -0.368 e. The lowest BCUT2D eigenvalue weighted by atomic mass is 10.0. The van der Waals surface area contributed by atoms with Crippen molar-refractivity contribution in [2.45, 2.75) is 117 Å². The Morgan fingerprint density at radius 3 is 1.54 bits per heavy atom. The van der Waals surface area contributed by atoms with E-state index in [1.807, 2.05) is 0 Å². The number of carbonyl (C=O) groups is 1. The number of nitrogens with zero attached hydrogens (tertiary/aromatic N) is 1. The van der Waals surface area contributed by atoms with E-state index in [-0.39, 0.29) is 5.96 Å². The molecule has 0 fully saturated rings. The molecule has 0 aromatic carbocycles. The van der Waals surface area contributed by atoms with Crippen LogP contribution in [0.2, 0.25) is 0 Å². The highest BCUT2D eigenvalue weighted by molar-refractivity contribution is 5.78. The van der Waals surface area contributed by atoms with Crippen molar-refractivity contribution >= 4 is 11.9 Å². The molecule has 26 heavy (non-hydrogen) atoms. The van der Waals surface area contributed by atoms with Gasteiger partial charge in [-0.25, -0.2) is 0 Å². The van der Waals surface area contributed by atoms with E-state index in [1.54, 1.807) is 0 Å². The number of hydrogen-bond donors (Lipinski definition) is 2. The third kappa shape index (κ3) is 20.8. The quantitative estimate of drug-likeness (QED) is 0.151. The van der Waals surface area contributed by atoms with Crippen molar-refractivity contribution in [1.82, 2.24) is 5.48 Å². The molecule has 3 N–H and O–H groups in total. The first-order valence-electron chi connectivity index (χ1n) is 10.9. The van der Waals surface area contributed by atoms with Gasteiger partial charge < -0.3 is 10.6 Å². The van der Waals surface area contributed by atoms with Gasteiger partial charge in [0.15, 0.2) is 0 Å². The summed E-state index contributed by atoms with van der Waals surface area (Å²) in [4.78, 5) is 19.2. The van der Waals surface area contributed by atoms with Crippen LogP contribution in [0.25, 0.3) is 0 Å². The number of carbonyl (C=O) groups excluding carboxylic acids is 1. The SMILES string of the molecule is CCCCCCCCCCCCCCCCCCN=C(N)NOC(C)=O. The summed E-state index contributed by atoms with van der Waals surface area (Å²) in [5, 5.41) is 0. The third-order valence-corrected chi connectivity index (χ3v) is 4.59. The lowest BCUT2D eigenvalue weighted by Crippen LogP contribution is -2.33. The molecule has 0 amide bonds. The van der Waals surface area contributed by atoms with Gasteiger partial charge in [0.05, 0.1) is 0 Å². The predicted molar refractivity (Wildman–Crippen MR) is 111 cm³/mol. The molecule has 5 nitrogen and oxygen atoms in total. The molecule has 5 heteroatoms. The Hall–Kier alpha value is -1.26. The van der Waals surface area contributed by atoms with Crippen molar-refractivity contribution in [2.24, 2.45) is 10.7 Å². The topological polar surface area (TPSA) is 76.7 Å². The summed E-state index contributed by atoms with van der Waals surface area (Å²) in [5.74, 6) is -0.258. The Balaban J connectivity index is 3.15. The second kappa shape index (κ2) is 20.1. The predicted octanol–water partition coefficient (Wildman–Crippen LogP) is 5.63. The monoisotopic (exact) mass is 369 g/mol. The first-order valence-corrected chi connectivity index (χ1v) is 10.9. The molecule has 0 unspecified atom stereocenters. The van der Waals surface area contributed by atoms with Crippen LogP contribution >= 0.6 is 0 Å². The maximum absolute atomic E-state index is 10.6. The van der Waals surface area contributed by atoms with Crippen LogP contribution in [-0.2, 0) is 9.63 Å². The van der Waals surface area contributed by atoms with Gasteiger partial charge in [0.2, 0.25) is 5.96 Å². The molecular formula is C21H43N3O2. The van der Waals surface area contributed by atoms with E-state index in [2.05, 4.69) is 22.2 Å². The Morgan fingerprint density at radius 1 is 0.769 bits per heavy atom. The summed E-state index contributed by atoms with van der Waals surface area (Å²) in [6, 6.07) is 0. The normalized spacial score (nSPS) is 11.5. The number of guanidine groups is 1. The first-order chi connectivity index (χ1) is 12.7.